The second kappa shape index (κ2) is 7.19. The highest BCUT2D eigenvalue weighted by atomic mass is 35.5. The number of rotatable bonds is 6. The van der Waals surface area contributed by atoms with Gasteiger partial charge in [-0.25, -0.2) is 17.5 Å². The Morgan fingerprint density at radius 2 is 1.95 bits per heavy atom. The number of ether oxygens (including phenoxy) is 1. The van der Waals surface area contributed by atoms with Crippen molar-refractivity contribution >= 4 is 21.6 Å². The number of hydrogen-bond acceptors (Lipinski definition) is 3. The van der Waals surface area contributed by atoms with E-state index in [-0.39, 0.29) is 11.4 Å². The Morgan fingerprint density at radius 3 is 2.59 bits per heavy atom. The van der Waals surface area contributed by atoms with Crippen molar-refractivity contribution in [3.05, 3.63) is 64.9 Å². The lowest BCUT2D eigenvalue weighted by atomic mass is 10.1. The van der Waals surface area contributed by atoms with Gasteiger partial charge < -0.3 is 4.74 Å². The lowest BCUT2D eigenvalue weighted by Gasteiger charge is -2.17. The number of methoxy groups -OCH3 is 1. The molecule has 0 spiro atoms. The van der Waals surface area contributed by atoms with Gasteiger partial charge in [-0.15, -0.1) is 0 Å². The Labute approximate surface area is 133 Å². The molecule has 0 radical (unpaired) electrons. The molecule has 7 heteroatoms. The van der Waals surface area contributed by atoms with Crippen LogP contribution >= 0.6 is 11.6 Å². The van der Waals surface area contributed by atoms with Crippen molar-refractivity contribution < 1.29 is 17.5 Å². The van der Waals surface area contributed by atoms with Gasteiger partial charge in [0.25, 0.3) is 0 Å². The summed E-state index contributed by atoms with van der Waals surface area (Å²) in [6.45, 7) is -0.0148. The van der Waals surface area contributed by atoms with E-state index < -0.39 is 21.9 Å². The SMILES string of the molecule is COC(CNS(=O)(=O)c1cccc(F)c1)c1ccccc1Cl. The van der Waals surface area contributed by atoms with Crippen LogP contribution in [0.25, 0.3) is 0 Å². The first-order valence-corrected chi connectivity index (χ1v) is 8.32. The van der Waals surface area contributed by atoms with Crippen molar-refractivity contribution in [3.63, 3.8) is 0 Å². The van der Waals surface area contributed by atoms with Crippen LogP contribution in [0.3, 0.4) is 0 Å². The summed E-state index contributed by atoms with van der Waals surface area (Å²) in [5.41, 5.74) is 0.675. The highest BCUT2D eigenvalue weighted by Gasteiger charge is 2.19. The Balaban J connectivity index is 2.15. The zero-order chi connectivity index (χ0) is 16.2. The van der Waals surface area contributed by atoms with Gasteiger partial charge in [0.05, 0.1) is 11.0 Å². The predicted molar refractivity (Wildman–Crippen MR) is 82.8 cm³/mol. The molecule has 0 heterocycles. The average Bonchev–Trinajstić information content (AvgIpc) is 2.49. The van der Waals surface area contributed by atoms with Crippen molar-refractivity contribution in [1.82, 2.24) is 4.72 Å². The van der Waals surface area contributed by atoms with E-state index in [0.717, 1.165) is 6.07 Å². The van der Waals surface area contributed by atoms with Crippen molar-refractivity contribution in [2.24, 2.45) is 0 Å². The molecule has 0 amide bonds. The van der Waals surface area contributed by atoms with E-state index in [4.69, 9.17) is 16.3 Å². The molecule has 22 heavy (non-hydrogen) atoms. The molecule has 118 valence electrons. The van der Waals surface area contributed by atoms with Crippen LogP contribution < -0.4 is 4.72 Å². The van der Waals surface area contributed by atoms with E-state index in [1.54, 1.807) is 24.3 Å². The maximum Gasteiger partial charge on any atom is 0.240 e. The molecular formula is C15H15ClFNO3S. The Hall–Kier alpha value is -1.47. The minimum atomic E-state index is -3.82. The molecule has 0 bridgehead atoms. The molecule has 2 aromatic carbocycles. The number of benzene rings is 2. The van der Waals surface area contributed by atoms with Crippen molar-refractivity contribution in [2.75, 3.05) is 13.7 Å². The molecule has 1 atom stereocenters. The van der Waals surface area contributed by atoms with E-state index in [1.165, 1.54) is 25.3 Å². The summed E-state index contributed by atoms with van der Waals surface area (Å²) in [6.07, 6.45) is -0.544. The topological polar surface area (TPSA) is 55.4 Å². The predicted octanol–water partition coefficient (Wildman–Crippen LogP) is 3.15. The summed E-state index contributed by atoms with van der Waals surface area (Å²) in [4.78, 5) is -0.137. The van der Waals surface area contributed by atoms with Gasteiger partial charge in [-0.2, -0.15) is 0 Å². The zero-order valence-electron chi connectivity index (χ0n) is 11.8. The van der Waals surface area contributed by atoms with Gasteiger partial charge in [-0.05, 0) is 24.3 Å². The molecule has 0 aliphatic carbocycles. The number of hydrogen-bond donors (Lipinski definition) is 1. The van der Waals surface area contributed by atoms with Crippen LogP contribution in [0.15, 0.2) is 53.4 Å². The van der Waals surface area contributed by atoms with Crippen LogP contribution in [0.1, 0.15) is 11.7 Å². The van der Waals surface area contributed by atoms with Gasteiger partial charge in [-0.3, -0.25) is 0 Å². The minimum Gasteiger partial charge on any atom is -0.375 e. The smallest absolute Gasteiger partial charge is 0.240 e. The normalized spacial score (nSPS) is 13.0. The largest absolute Gasteiger partial charge is 0.375 e. The summed E-state index contributed by atoms with van der Waals surface area (Å²) in [6, 6.07) is 11.8. The quantitative estimate of drug-likeness (QED) is 0.876. The fourth-order valence-corrected chi connectivity index (χ4v) is 3.28. The Bertz CT molecular complexity index is 752. The maximum absolute atomic E-state index is 13.1. The van der Waals surface area contributed by atoms with E-state index in [9.17, 15) is 12.8 Å². The summed E-state index contributed by atoms with van der Waals surface area (Å²) in [7, 11) is -2.36. The lowest BCUT2D eigenvalue weighted by Crippen LogP contribution is -2.29. The first-order chi connectivity index (χ1) is 10.4. The van der Waals surface area contributed by atoms with Gasteiger partial charge in [0.2, 0.25) is 10.0 Å². The lowest BCUT2D eigenvalue weighted by molar-refractivity contribution is 0.107. The molecule has 4 nitrogen and oxygen atoms in total. The molecule has 0 aliphatic heterocycles. The van der Waals surface area contributed by atoms with Gasteiger partial charge in [-0.1, -0.05) is 35.9 Å². The molecule has 2 aromatic rings. The third kappa shape index (κ3) is 4.04. The van der Waals surface area contributed by atoms with Crippen LogP contribution in [0.2, 0.25) is 5.02 Å². The molecule has 0 fully saturated rings. The maximum atomic E-state index is 13.1. The Morgan fingerprint density at radius 1 is 1.23 bits per heavy atom. The Kier molecular flexibility index (Phi) is 5.52. The van der Waals surface area contributed by atoms with Gasteiger partial charge in [0.1, 0.15) is 5.82 Å². The summed E-state index contributed by atoms with van der Waals surface area (Å²) in [5.74, 6) is -0.614. The van der Waals surface area contributed by atoms with Crippen molar-refractivity contribution in [1.29, 1.82) is 0 Å². The van der Waals surface area contributed by atoms with Crippen LogP contribution in [0.4, 0.5) is 4.39 Å². The average molecular weight is 344 g/mol. The molecule has 1 unspecified atom stereocenters. The standard InChI is InChI=1S/C15H15ClFNO3S/c1-21-15(13-7-2-3-8-14(13)16)10-18-22(19,20)12-6-4-5-11(17)9-12/h2-9,15,18H,10H2,1H3. The first kappa shape index (κ1) is 16.9. The molecule has 2 rings (SSSR count). The third-order valence-electron chi connectivity index (χ3n) is 3.10. The fraction of sp³-hybridized carbons (Fsp3) is 0.200. The van der Waals surface area contributed by atoms with E-state index in [0.29, 0.717) is 10.6 Å². The summed E-state index contributed by atoms with van der Waals surface area (Å²) in [5, 5.41) is 0.485. The van der Waals surface area contributed by atoms with Gasteiger partial charge in [0.15, 0.2) is 0 Å². The van der Waals surface area contributed by atoms with Crippen molar-refractivity contribution in [2.45, 2.75) is 11.0 Å². The van der Waals surface area contributed by atoms with Crippen LogP contribution in [0, 0.1) is 5.82 Å². The van der Waals surface area contributed by atoms with Crippen molar-refractivity contribution in [3.8, 4) is 0 Å². The highest BCUT2D eigenvalue weighted by molar-refractivity contribution is 7.89. The van der Waals surface area contributed by atoms with Crippen LogP contribution in [-0.4, -0.2) is 22.1 Å². The second-order valence-corrected chi connectivity index (χ2v) is 6.73. The molecule has 0 aliphatic rings. The minimum absolute atomic E-state index is 0.0148. The van der Waals surface area contributed by atoms with E-state index in [1.807, 2.05) is 0 Å². The number of nitrogens with one attached hydrogen (secondary N) is 1. The number of sulfonamides is 1. The zero-order valence-corrected chi connectivity index (χ0v) is 13.4. The van der Waals surface area contributed by atoms with Crippen LogP contribution in [-0.2, 0) is 14.8 Å². The summed E-state index contributed by atoms with van der Waals surface area (Å²) < 4.78 is 45.1. The molecular weight excluding hydrogens is 329 g/mol. The molecule has 0 aromatic heterocycles. The molecule has 0 saturated heterocycles. The second-order valence-electron chi connectivity index (χ2n) is 4.56. The van der Waals surface area contributed by atoms with Gasteiger partial charge >= 0.3 is 0 Å². The van der Waals surface area contributed by atoms with Gasteiger partial charge in [0, 0.05) is 24.2 Å². The third-order valence-corrected chi connectivity index (χ3v) is 4.87. The molecule has 1 N–H and O–H groups in total. The first-order valence-electron chi connectivity index (χ1n) is 6.46. The molecule has 0 saturated carbocycles. The number of halogens is 2. The van der Waals surface area contributed by atoms with Crippen LogP contribution in [0.5, 0.6) is 0 Å². The highest BCUT2D eigenvalue weighted by Crippen LogP contribution is 2.24. The van der Waals surface area contributed by atoms with E-state index >= 15 is 0 Å². The summed E-state index contributed by atoms with van der Waals surface area (Å²) >= 11 is 6.08. The van der Waals surface area contributed by atoms with E-state index in [2.05, 4.69) is 4.72 Å². The fourth-order valence-electron chi connectivity index (χ4n) is 1.96. The monoisotopic (exact) mass is 343 g/mol.